The highest BCUT2D eigenvalue weighted by atomic mass is 16.5. The Labute approximate surface area is 139 Å². The number of nitriles is 1. The largest absolute Gasteiger partial charge is 0.447 e. The van der Waals surface area contributed by atoms with E-state index in [1.54, 1.807) is 10.9 Å². The zero-order valence-electron chi connectivity index (χ0n) is 13.1. The molecule has 0 bridgehead atoms. The zero-order chi connectivity index (χ0) is 16.9. The normalized spacial score (nSPS) is 10.2. The molecule has 3 rings (SSSR count). The quantitative estimate of drug-likeness (QED) is 0.690. The third-order valence-electron chi connectivity index (χ3n) is 3.62. The van der Waals surface area contributed by atoms with Gasteiger partial charge >= 0.3 is 5.97 Å². The lowest BCUT2D eigenvalue weighted by Crippen LogP contribution is -2.06. The average molecular weight is 317 g/mol. The molecule has 0 fully saturated rings. The van der Waals surface area contributed by atoms with Crippen molar-refractivity contribution in [2.45, 2.75) is 6.92 Å². The summed E-state index contributed by atoms with van der Waals surface area (Å²) in [7, 11) is 0. The fourth-order valence-corrected chi connectivity index (χ4v) is 2.45. The third kappa shape index (κ3) is 3.03. The van der Waals surface area contributed by atoms with Crippen molar-refractivity contribution in [2.75, 3.05) is 6.61 Å². The molecule has 0 aliphatic rings. The van der Waals surface area contributed by atoms with Crippen molar-refractivity contribution in [3.63, 3.8) is 0 Å². The average Bonchev–Trinajstić information content (AvgIpc) is 3.06. The molecule has 5 heteroatoms. The number of esters is 1. The lowest BCUT2D eigenvalue weighted by atomic mass is 10.0. The number of aryl methyl sites for hydroxylation is 1. The second-order valence-electron chi connectivity index (χ2n) is 5.22. The van der Waals surface area contributed by atoms with Crippen LogP contribution in [0.5, 0.6) is 0 Å². The van der Waals surface area contributed by atoms with Gasteiger partial charge in [-0.25, -0.2) is 9.48 Å². The molecule has 1 aromatic heterocycles. The molecule has 0 aliphatic carbocycles. The van der Waals surface area contributed by atoms with E-state index in [1.165, 1.54) is 0 Å². The van der Waals surface area contributed by atoms with E-state index in [0.29, 0.717) is 11.3 Å². The summed E-state index contributed by atoms with van der Waals surface area (Å²) in [4.78, 5) is 12.3. The summed E-state index contributed by atoms with van der Waals surface area (Å²) in [6.45, 7) is 1.67. The standard InChI is InChI=1S/C19H15N3O2/c1-14-7-5-6-10-16(14)18-17(19(23)24-12-11-20)13-22(21-18)15-8-3-2-4-9-15/h2-10,13H,12H2,1H3. The van der Waals surface area contributed by atoms with E-state index in [4.69, 9.17) is 10.00 Å². The summed E-state index contributed by atoms with van der Waals surface area (Å²) in [6.07, 6.45) is 1.64. The number of carbonyl (C=O) groups excluding carboxylic acids is 1. The summed E-state index contributed by atoms with van der Waals surface area (Å²) in [5, 5.41) is 13.2. The Balaban J connectivity index is 2.12. The molecule has 0 amide bonds. The maximum atomic E-state index is 12.3. The first-order valence-corrected chi connectivity index (χ1v) is 7.46. The van der Waals surface area contributed by atoms with Crippen molar-refractivity contribution in [1.82, 2.24) is 9.78 Å². The number of hydrogen-bond donors (Lipinski definition) is 0. The van der Waals surface area contributed by atoms with E-state index in [0.717, 1.165) is 16.8 Å². The van der Waals surface area contributed by atoms with E-state index in [2.05, 4.69) is 5.10 Å². The number of rotatable bonds is 4. The summed E-state index contributed by atoms with van der Waals surface area (Å²) in [5.74, 6) is -0.558. The first-order chi connectivity index (χ1) is 11.7. The molecular formula is C19H15N3O2. The van der Waals surface area contributed by atoms with Gasteiger partial charge in [-0.05, 0) is 24.6 Å². The van der Waals surface area contributed by atoms with Gasteiger partial charge in [-0.2, -0.15) is 10.4 Å². The maximum absolute atomic E-state index is 12.3. The summed E-state index contributed by atoms with van der Waals surface area (Å²) < 4.78 is 6.62. The van der Waals surface area contributed by atoms with Gasteiger partial charge in [0.2, 0.25) is 0 Å². The highest BCUT2D eigenvalue weighted by Gasteiger charge is 2.20. The molecule has 0 radical (unpaired) electrons. The predicted octanol–water partition coefficient (Wildman–Crippen LogP) is 3.53. The van der Waals surface area contributed by atoms with Gasteiger partial charge in [0.25, 0.3) is 0 Å². The number of hydrogen-bond acceptors (Lipinski definition) is 4. The Bertz CT molecular complexity index is 908. The Morgan fingerprint density at radius 1 is 1.17 bits per heavy atom. The van der Waals surface area contributed by atoms with Gasteiger partial charge in [0.05, 0.1) is 5.69 Å². The van der Waals surface area contributed by atoms with Crippen LogP contribution in [0.4, 0.5) is 0 Å². The molecule has 0 saturated carbocycles. The molecule has 1 heterocycles. The Hall–Kier alpha value is -3.39. The fraction of sp³-hybridized carbons (Fsp3) is 0.105. The minimum Gasteiger partial charge on any atom is -0.447 e. The maximum Gasteiger partial charge on any atom is 0.343 e. The second kappa shape index (κ2) is 6.80. The molecule has 2 aromatic carbocycles. The SMILES string of the molecule is Cc1ccccc1-c1nn(-c2ccccc2)cc1C(=O)OCC#N. The van der Waals surface area contributed by atoms with Gasteiger partial charge in [0.15, 0.2) is 6.61 Å². The van der Waals surface area contributed by atoms with E-state index in [9.17, 15) is 4.79 Å². The first kappa shape index (κ1) is 15.5. The lowest BCUT2D eigenvalue weighted by molar-refractivity contribution is 0.0556. The van der Waals surface area contributed by atoms with E-state index < -0.39 is 5.97 Å². The van der Waals surface area contributed by atoms with E-state index >= 15 is 0 Å². The minimum atomic E-state index is -0.558. The van der Waals surface area contributed by atoms with Crippen LogP contribution in [0.2, 0.25) is 0 Å². The number of para-hydroxylation sites is 1. The van der Waals surface area contributed by atoms with Crippen LogP contribution in [0.25, 0.3) is 16.9 Å². The van der Waals surface area contributed by atoms with Crippen molar-refractivity contribution in [2.24, 2.45) is 0 Å². The van der Waals surface area contributed by atoms with E-state index in [-0.39, 0.29) is 6.61 Å². The molecule has 0 spiro atoms. The molecule has 0 saturated heterocycles. The van der Waals surface area contributed by atoms with Gasteiger partial charge in [-0.3, -0.25) is 0 Å². The molecule has 118 valence electrons. The van der Waals surface area contributed by atoms with Gasteiger partial charge < -0.3 is 4.74 Å². The summed E-state index contributed by atoms with van der Waals surface area (Å²) in [5.41, 5.74) is 3.58. The highest BCUT2D eigenvalue weighted by molar-refractivity contribution is 5.96. The number of carbonyl (C=O) groups is 1. The summed E-state index contributed by atoms with van der Waals surface area (Å²) in [6, 6.07) is 19.0. The van der Waals surface area contributed by atoms with Gasteiger partial charge in [-0.1, -0.05) is 42.5 Å². The number of benzene rings is 2. The van der Waals surface area contributed by atoms with Gasteiger partial charge in [-0.15, -0.1) is 0 Å². The van der Waals surface area contributed by atoms with Crippen molar-refractivity contribution >= 4 is 5.97 Å². The lowest BCUT2D eigenvalue weighted by Gasteiger charge is -2.04. The van der Waals surface area contributed by atoms with Crippen LogP contribution in [0.15, 0.2) is 60.8 Å². The number of ether oxygens (including phenoxy) is 1. The van der Waals surface area contributed by atoms with Crippen molar-refractivity contribution in [1.29, 1.82) is 5.26 Å². The van der Waals surface area contributed by atoms with Crippen molar-refractivity contribution < 1.29 is 9.53 Å². The van der Waals surface area contributed by atoms with E-state index in [1.807, 2.05) is 67.6 Å². The third-order valence-corrected chi connectivity index (χ3v) is 3.62. The molecular weight excluding hydrogens is 302 g/mol. The molecule has 24 heavy (non-hydrogen) atoms. The number of nitrogens with zero attached hydrogens (tertiary/aromatic N) is 3. The molecule has 0 unspecified atom stereocenters. The fourth-order valence-electron chi connectivity index (χ4n) is 2.45. The van der Waals surface area contributed by atoms with Crippen LogP contribution in [0, 0.1) is 18.3 Å². The summed E-state index contributed by atoms with van der Waals surface area (Å²) >= 11 is 0. The highest BCUT2D eigenvalue weighted by Crippen LogP contribution is 2.27. The molecule has 0 N–H and O–H groups in total. The molecule has 3 aromatic rings. The Morgan fingerprint density at radius 3 is 2.58 bits per heavy atom. The zero-order valence-corrected chi connectivity index (χ0v) is 13.1. The monoisotopic (exact) mass is 317 g/mol. The molecule has 0 aliphatic heterocycles. The predicted molar refractivity (Wildman–Crippen MR) is 89.6 cm³/mol. The van der Waals surface area contributed by atoms with Crippen molar-refractivity contribution in [3.05, 3.63) is 71.9 Å². The first-order valence-electron chi connectivity index (χ1n) is 7.46. The smallest absolute Gasteiger partial charge is 0.343 e. The van der Waals surface area contributed by atoms with Gasteiger partial charge in [0.1, 0.15) is 17.3 Å². The van der Waals surface area contributed by atoms with Crippen LogP contribution in [-0.4, -0.2) is 22.4 Å². The van der Waals surface area contributed by atoms with Crippen molar-refractivity contribution in [3.8, 4) is 23.0 Å². The topological polar surface area (TPSA) is 67.9 Å². The molecule has 5 nitrogen and oxygen atoms in total. The Kier molecular flexibility index (Phi) is 4.39. The Morgan fingerprint density at radius 2 is 1.88 bits per heavy atom. The van der Waals surface area contributed by atoms with Crippen LogP contribution in [-0.2, 0) is 4.74 Å². The van der Waals surface area contributed by atoms with Gasteiger partial charge in [0, 0.05) is 11.8 Å². The van der Waals surface area contributed by atoms with Crippen LogP contribution in [0.3, 0.4) is 0 Å². The minimum absolute atomic E-state index is 0.289. The molecule has 0 atom stereocenters. The van der Waals surface area contributed by atoms with Crippen LogP contribution in [0.1, 0.15) is 15.9 Å². The second-order valence-corrected chi connectivity index (χ2v) is 5.22. The van der Waals surface area contributed by atoms with Crippen LogP contribution >= 0.6 is 0 Å². The number of aromatic nitrogens is 2. The van der Waals surface area contributed by atoms with Crippen LogP contribution < -0.4 is 0 Å².